The summed E-state index contributed by atoms with van der Waals surface area (Å²) in [6.45, 7) is 9.73. The van der Waals surface area contributed by atoms with Crippen LogP contribution in [-0.2, 0) is 12.0 Å². The lowest BCUT2D eigenvalue weighted by atomic mass is 9.91. The van der Waals surface area contributed by atoms with Gasteiger partial charge in [-0.05, 0) is 24.9 Å². The number of nitrogens with one attached hydrogen (secondary N) is 1. The van der Waals surface area contributed by atoms with E-state index >= 15 is 0 Å². The third-order valence-corrected chi connectivity index (χ3v) is 4.78. The van der Waals surface area contributed by atoms with E-state index in [0.29, 0.717) is 0 Å². The zero-order valence-electron chi connectivity index (χ0n) is 11.6. The van der Waals surface area contributed by atoms with Gasteiger partial charge in [0, 0.05) is 27.8 Å². The molecule has 0 aliphatic rings. The summed E-state index contributed by atoms with van der Waals surface area (Å²) < 4.78 is 0. The average molecular weight is 280 g/mol. The molecule has 98 valence electrons. The van der Waals surface area contributed by atoms with E-state index < -0.39 is 0 Å². The highest BCUT2D eigenvalue weighted by Gasteiger charge is 2.23. The quantitative estimate of drug-likeness (QED) is 0.911. The van der Waals surface area contributed by atoms with Gasteiger partial charge in [-0.25, -0.2) is 4.98 Å². The maximum absolute atomic E-state index is 4.89. The van der Waals surface area contributed by atoms with Crippen LogP contribution in [0.2, 0.25) is 0 Å². The Hall–Kier alpha value is -0.710. The van der Waals surface area contributed by atoms with Crippen molar-refractivity contribution in [2.75, 3.05) is 7.05 Å². The van der Waals surface area contributed by atoms with Crippen LogP contribution in [0.25, 0.3) is 10.6 Å². The summed E-state index contributed by atoms with van der Waals surface area (Å²) in [6, 6.07) is 0. The van der Waals surface area contributed by atoms with Crippen LogP contribution in [0.3, 0.4) is 0 Å². The Bertz CT molecular complexity index is 532. The second-order valence-electron chi connectivity index (χ2n) is 5.54. The van der Waals surface area contributed by atoms with Gasteiger partial charge in [0.05, 0.1) is 5.69 Å². The van der Waals surface area contributed by atoms with Crippen molar-refractivity contribution in [3.8, 4) is 10.6 Å². The lowest BCUT2D eigenvalue weighted by molar-refractivity contribution is 0.563. The second kappa shape index (κ2) is 5.11. The highest BCUT2D eigenvalue weighted by Crippen LogP contribution is 2.36. The van der Waals surface area contributed by atoms with Crippen LogP contribution < -0.4 is 5.32 Å². The van der Waals surface area contributed by atoms with Gasteiger partial charge in [-0.3, -0.25) is 0 Å². The van der Waals surface area contributed by atoms with Gasteiger partial charge in [0.25, 0.3) is 0 Å². The van der Waals surface area contributed by atoms with Gasteiger partial charge in [-0.2, -0.15) is 11.3 Å². The van der Waals surface area contributed by atoms with Gasteiger partial charge in [-0.1, -0.05) is 20.8 Å². The minimum absolute atomic E-state index is 0.102. The molecule has 2 nitrogen and oxygen atoms in total. The molecule has 2 aromatic rings. The van der Waals surface area contributed by atoms with E-state index in [1.54, 1.807) is 11.3 Å². The van der Waals surface area contributed by atoms with Crippen LogP contribution in [0.1, 0.15) is 36.9 Å². The van der Waals surface area contributed by atoms with Crippen LogP contribution >= 0.6 is 22.7 Å². The lowest BCUT2D eigenvalue weighted by Crippen LogP contribution is -2.16. The van der Waals surface area contributed by atoms with Gasteiger partial charge in [0.1, 0.15) is 5.01 Å². The van der Waals surface area contributed by atoms with Crippen LogP contribution in [0.5, 0.6) is 0 Å². The standard InChI is InChI=1S/C14H20N2S2/c1-9-7-17-8-10(9)13-16-12(14(2,3)4)11(18-13)6-15-5/h7-8,15H,6H2,1-5H3. The highest BCUT2D eigenvalue weighted by atomic mass is 32.1. The first-order chi connectivity index (χ1) is 8.43. The number of nitrogens with zero attached hydrogens (tertiary/aromatic N) is 1. The van der Waals surface area contributed by atoms with Crippen molar-refractivity contribution in [1.29, 1.82) is 0 Å². The molecule has 0 saturated heterocycles. The van der Waals surface area contributed by atoms with Crippen molar-refractivity contribution >= 4 is 22.7 Å². The summed E-state index contributed by atoms with van der Waals surface area (Å²) >= 11 is 3.56. The van der Waals surface area contributed by atoms with Crippen molar-refractivity contribution in [2.24, 2.45) is 0 Å². The normalized spacial score (nSPS) is 12.1. The summed E-state index contributed by atoms with van der Waals surface area (Å²) in [5, 5.41) is 8.78. The molecule has 2 aromatic heterocycles. The molecule has 18 heavy (non-hydrogen) atoms. The minimum atomic E-state index is 0.102. The fourth-order valence-electron chi connectivity index (χ4n) is 1.91. The van der Waals surface area contributed by atoms with Crippen LogP contribution in [0, 0.1) is 6.92 Å². The summed E-state index contributed by atoms with van der Waals surface area (Å²) in [6.07, 6.45) is 0. The maximum atomic E-state index is 4.89. The third kappa shape index (κ3) is 2.66. The SMILES string of the molecule is CNCc1sc(-c2cscc2C)nc1C(C)(C)C. The predicted molar refractivity (Wildman–Crippen MR) is 81.6 cm³/mol. The number of aryl methyl sites for hydroxylation is 1. The highest BCUT2D eigenvalue weighted by molar-refractivity contribution is 7.15. The molecule has 0 fully saturated rings. The Balaban J connectivity index is 2.49. The van der Waals surface area contributed by atoms with Crippen LogP contribution in [-0.4, -0.2) is 12.0 Å². The van der Waals surface area contributed by atoms with E-state index in [1.165, 1.54) is 21.7 Å². The van der Waals surface area contributed by atoms with Gasteiger partial charge in [-0.15, -0.1) is 11.3 Å². The van der Waals surface area contributed by atoms with Crippen molar-refractivity contribution in [3.05, 3.63) is 26.9 Å². The molecule has 0 aliphatic carbocycles. The Labute approximate surface area is 117 Å². The molecule has 0 bridgehead atoms. The molecular weight excluding hydrogens is 260 g/mol. The second-order valence-corrected chi connectivity index (χ2v) is 7.37. The molecular formula is C14H20N2S2. The van der Waals surface area contributed by atoms with E-state index in [0.717, 1.165) is 11.6 Å². The lowest BCUT2D eigenvalue weighted by Gasteiger charge is -2.17. The van der Waals surface area contributed by atoms with Crippen molar-refractivity contribution in [2.45, 2.75) is 39.7 Å². The molecule has 0 saturated carbocycles. The minimum Gasteiger partial charge on any atom is -0.315 e. The zero-order valence-corrected chi connectivity index (χ0v) is 13.3. The average Bonchev–Trinajstić information content (AvgIpc) is 2.83. The molecule has 4 heteroatoms. The van der Waals surface area contributed by atoms with Crippen LogP contribution in [0.4, 0.5) is 0 Å². The number of hydrogen-bond acceptors (Lipinski definition) is 4. The number of thiazole rings is 1. The summed E-state index contributed by atoms with van der Waals surface area (Å²) in [4.78, 5) is 6.24. The number of hydrogen-bond donors (Lipinski definition) is 1. The molecule has 0 aliphatic heterocycles. The Morgan fingerprint density at radius 3 is 2.50 bits per heavy atom. The molecule has 0 radical (unpaired) electrons. The Morgan fingerprint density at radius 2 is 2.00 bits per heavy atom. The molecule has 1 N–H and O–H groups in total. The maximum Gasteiger partial charge on any atom is 0.125 e. The summed E-state index contributed by atoms with van der Waals surface area (Å²) in [5.41, 5.74) is 3.94. The van der Waals surface area contributed by atoms with E-state index in [9.17, 15) is 0 Å². The number of thiophene rings is 1. The topological polar surface area (TPSA) is 24.9 Å². The van der Waals surface area contributed by atoms with E-state index in [1.807, 2.05) is 18.4 Å². The van der Waals surface area contributed by atoms with Crippen molar-refractivity contribution in [3.63, 3.8) is 0 Å². The fourth-order valence-corrected chi connectivity index (χ4v) is 4.19. The summed E-state index contributed by atoms with van der Waals surface area (Å²) in [5.74, 6) is 0. The molecule has 0 unspecified atom stereocenters. The Morgan fingerprint density at radius 1 is 1.28 bits per heavy atom. The Kier molecular flexibility index (Phi) is 3.90. The van der Waals surface area contributed by atoms with Gasteiger partial charge in [0.2, 0.25) is 0 Å². The van der Waals surface area contributed by atoms with Gasteiger partial charge < -0.3 is 5.32 Å². The van der Waals surface area contributed by atoms with E-state index in [-0.39, 0.29) is 5.41 Å². The molecule has 0 amide bonds. The first-order valence-corrected chi connectivity index (χ1v) is 7.87. The van der Waals surface area contributed by atoms with Gasteiger partial charge in [0.15, 0.2) is 0 Å². The van der Waals surface area contributed by atoms with Crippen molar-refractivity contribution in [1.82, 2.24) is 10.3 Å². The van der Waals surface area contributed by atoms with E-state index in [2.05, 4.69) is 43.8 Å². The first-order valence-electron chi connectivity index (χ1n) is 6.11. The van der Waals surface area contributed by atoms with Gasteiger partial charge >= 0.3 is 0 Å². The monoisotopic (exact) mass is 280 g/mol. The third-order valence-electron chi connectivity index (χ3n) is 2.83. The van der Waals surface area contributed by atoms with Crippen molar-refractivity contribution < 1.29 is 0 Å². The summed E-state index contributed by atoms with van der Waals surface area (Å²) in [7, 11) is 1.99. The number of aromatic nitrogens is 1. The first kappa shape index (κ1) is 13.7. The molecule has 2 heterocycles. The smallest absolute Gasteiger partial charge is 0.125 e. The largest absolute Gasteiger partial charge is 0.315 e. The zero-order chi connectivity index (χ0) is 13.3. The molecule has 0 spiro atoms. The molecule has 0 aromatic carbocycles. The molecule has 0 atom stereocenters. The molecule has 2 rings (SSSR count). The van der Waals surface area contributed by atoms with Crippen LogP contribution in [0.15, 0.2) is 10.8 Å². The predicted octanol–water partition coefficient (Wildman–Crippen LogP) is 4.20. The number of rotatable bonds is 3. The van der Waals surface area contributed by atoms with E-state index in [4.69, 9.17) is 4.98 Å². The fraction of sp³-hybridized carbons (Fsp3) is 0.500.